The molecule has 1 unspecified atom stereocenters. The number of aliphatic carboxylic acids is 1. The molecule has 1 saturated heterocycles. The second-order valence-electron chi connectivity index (χ2n) is 6.73. The summed E-state index contributed by atoms with van der Waals surface area (Å²) in [6, 6.07) is 7.52. The quantitative estimate of drug-likeness (QED) is 0.911. The van der Waals surface area contributed by atoms with E-state index in [0.29, 0.717) is 18.8 Å². The van der Waals surface area contributed by atoms with Crippen molar-refractivity contribution in [3.63, 3.8) is 0 Å². The molecule has 2 heterocycles. The summed E-state index contributed by atoms with van der Waals surface area (Å²) >= 11 is 0. The predicted octanol–water partition coefficient (Wildman–Crippen LogP) is 2.53. The molecule has 23 heavy (non-hydrogen) atoms. The van der Waals surface area contributed by atoms with Gasteiger partial charge in [0.15, 0.2) is 5.69 Å². The molecule has 6 heteroatoms. The zero-order valence-electron chi connectivity index (χ0n) is 13.4. The Kier molecular flexibility index (Phi) is 3.83. The molecule has 1 aliphatic heterocycles. The average Bonchev–Trinajstić information content (AvgIpc) is 2.98. The maximum absolute atomic E-state index is 12.8. The second-order valence-corrected chi connectivity index (χ2v) is 6.73. The summed E-state index contributed by atoms with van der Waals surface area (Å²) in [6.45, 7) is 4.57. The number of H-pyrrole nitrogens is 1. The fourth-order valence-electron chi connectivity index (χ4n) is 3.20. The van der Waals surface area contributed by atoms with Crippen LogP contribution in [0.2, 0.25) is 0 Å². The highest BCUT2D eigenvalue weighted by Crippen LogP contribution is 2.34. The van der Waals surface area contributed by atoms with Crippen molar-refractivity contribution in [2.75, 3.05) is 13.1 Å². The summed E-state index contributed by atoms with van der Waals surface area (Å²) in [5.74, 6) is -1.00. The molecule has 2 aromatic rings. The number of para-hydroxylation sites is 1. The third-order valence-corrected chi connectivity index (χ3v) is 4.95. The Morgan fingerprint density at radius 1 is 1.35 bits per heavy atom. The van der Waals surface area contributed by atoms with Gasteiger partial charge in [-0.1, -0.05) is 18.2 Å². The lowest BCUT2D eigenvalue weighted by atomic mass is 9.74. The number of piperidine rings is 1. The monoisotopic (exact) mass is 315 g/mol. The van der Waals surface area contributed by atoms with E-state index >= 15 is 0 Å². The second kappa shape index (κ2) is 5.68. The first kappa shape index (κ1) is 15.5. The molecule has 122 valence electrons. The predicted molar refractivity (Wildman–Crippen MR) is 86.1 cm³/mol. The Morgan fingerprint density at radius 3 is 2.83 bits per heavy atom. The van der Waals surface area contributed by atoms with E-state index < -0.39 is 11.4 Å². The number of hydrogen-bond acceptors (Lipinski definition) is 3. The number of amides is 1. The summed E-state index contributed by atoms with van der Waals surface area (Å²) in [4.78, 5) is 26.0. The molecule has 1 atom stereocenters. The Hall–Kier alpha value is -2.37. The number of likely N-dealkylation sites (tertiary alicyclic amines) is 1. The van der Waals surface area contributed by atoms with Gasteiger partial charge >= 0.3 is 5.97 Å². The number of carbonyl (C=O) groups is 2. The number of fused-ring (bicyclic) bond motifs is 1. The van der Waals surface area contributed by atoms with Crippen molar-refractivity contribution in [1.29, 1.82) is 0 Å². The summed E-state index contributed by atoms with van der Waals surface area (Å²) in [6.07, 6.45) is 1.64. The van der Waals surface area contributed by atoms with Gasteiger partial charge in [0.1, 0.15) is 0 Å². The fraction of sp³-hybridized carbons (Fsp3) is 0.471. The fourth-order valence-corrected chi connectivity index (χ4v) is 3.20. The van der Waals surface area contributed by atoms with Gasteiger partial charge in [0.2, 0.25) is 0 Å². The van der Waals surface area contributed by atoms with Crippen molar-refractivity contribution in [2.24, 2.45) is 11.3 Å². The van der Waals surface area contributed by atoms with Gasteiger partial charge in [-0.15, -0.1) is 0 Å². The molecule has 1 aliphatic rings. The maximum atomic E-state index is 12.8. The number of aromatic nitrogens is 2. The zero-order chi connectivity index (χ0) is 16.6. The van der Waals surface area contributed by atoms with E-state index in [1.165, 1.54) is 0 Å². The molecule has 0 radical (unpaired) electrons. The number of nitrogens with one attached hydrogen (secondary N) is 1. The Balaban J connectivity index is 1.84. The van der Waals surface area contributed by atoms with Crippen molar-refractivity contribution in [1.82, 2.24) is 15.1 Å². The Morgan fingerprint density at radius 2 is 2.09 bits per heavy atom. The van der Waals surface area contributed by atoms with Gasteiger partial charge in [0.25, 0.3) is 5.91 Å². The lowest BCUT2D eigenvalue weighted by Crippen LogP contribution is -2.47. The molecule has 0 saturated carbocycles. The summed E-state index contributed by atoms with van der Waals surface area (Å²) in [7, 11) is 0. The van der Waals surface area contributed by atoms with Crippen LogP contribution >= 0.6 is 0 Å². The van der Waals surface area contributed by atoms with Gasteiger partial charge in [0.05, 0.1) is 10.9 Å². The van der Waals surface area contributed by atoms with Crippen LogP contribution in [0.3, 0.4) is 0 Å². The van der Waals surface area contributed by atoms with Crippen LogP contribution in [0, 0.1) is 11.3 Å². The minimum atomic E-state index is -0.841. The van der Waals surface area contributed by atoms with Crippen LogP contribution in [0.4, 0.5) is 0 Å². The number of nitrogens with zero attached hydrogens (tertiary/aromatic N) is 2. The van der Waals surface area contributed by atoms with E-state index in [1.54, 1.807) is 18.7 Å². The summed E-state index contributed by atoms with van der Waals surface area (Å²) in [5.41, 5.74) is 0.400. The van der Waals surface area contributed by atoms with E-state index in [2.05, 4.69) is 10.2 Å². The molecule has 1 fully saturated rings. The maximum Gasteiger partial charge on any atom is 0.309 e. The number of benzene rings is 1. The molecule has 0 aliphatic carbocycles. The molecular formula is C17H21N3O3. The molecular weight excluding hydrogens is 294 g/mol. The van der Waals surface area contributed by atoms with Crippen molar-refractivity contribution < 1.29 is 14.7 Å². The number of aromatic amines is 1. The van der Waals surface area contributed by atoms with Crippen LogP contribution in [0.25, 0.3) is 10.9 Å². The van der Waals surface area contributed by atoms with Crippen LogP contribution in [0.1, 0.15) is 37.2 Å². The van der Waals surface area contributed by atoms with E-state index in [-0.39, 0.29) is 11.8 Å². The molecule has 6 nitrogen and oxygen atoms in total. The molecule has 1 aromatic heterocycles. The van der Waals surface area contributed by atoms with Gasteiger partial charge < -0.3 is 10.0 Å². The van der Waals surface area contributed by atoms with Crippen molar-refractivity contribution in [3.05, 3.63) is 30.0 Å². The van der Waals surface area contributed by atoms with Crippen LogP contribution < -0.4 is 0 Å². The number of carboxylic acids is 1. The third-order valence-electron chi connectivity index (χ3n) is 4.95. The normalized spacial score (nSPS) is 19.0. The molecule has 0 spiro atoms. The van der Waals surface area contributed by atoms with Crippen LogP contribution in [0.15, 0.2) is 24.3 Å². The summed E-state index contributed by atoms with van der Waals surface area (Å²) < 4.78 is 0. The van der Waals surface area contributed by atoms with Gasteiger partial charge in [-0.2, -0.15) is 5.10 Å². The average molecular weight is 315 g/mol. The molecule has 1 amide bonds. The zero-order valence-corrected chi connectivity index (χ0v) is 13.4. The lowest BCUT2D eigenvalue weighted by Gasteiger charge is -2.39. The standard InChI is InChI=1S/C17H21N3O3/c1-17(2,16(22)23)11-6-5-9-20(10-11)15(21)14-12-7-3-4-8-13(12)18-19-14/h3-4,7-8,11H,5-6,9-10H2,1-2H3,(H,18,19)(H,22,23). The lowest BCUT2D eigenvalue weighted by molar-refractivity contribution is -0.151. The van der Waals surface area contributed by atoms with E-state index in [9.17, 15) is 14.7 Å². The number of hydrogen-bond donors (Lipinski definition) is 2. The topological polar surface area (TPSA) is 86.3 Å². The highest BCUT2D eigenvalue weighted by Gasteiger charge is 2.40. The number of rotatable bonds is 3. The number of carbonyl (C=O) groups excluding carboxylic acids is 1. The highest BCUT2D eigenvalue weighted by atomic mass is 16.4. The van der Waals surface area contributed by atoms with E-state index in [1.807, 2.05) is 24.3 Å². The smallest absolute Gasteiger partial charge is 0.309 e. The van der Waals surface area contributed by atoms with E-state index in [0.717, 1.165) is 23.7 Å². The SMILES string of the molecule is CC(C)(C(=O)O)C1CCCN(C(=O)c2n[nH]c3ccccc23)C1. The Labute approximate surface area is 134 Å². The highest BCUT2D eigenvalue weighted by molar-refractivity contribution is 6.04. The van der Waals surface area contributed by atoms with E-state index in [4.69, 9.17) is 0 Å². The largest absolute Gasteiger partial charge is 0.481 e. The van der Waals surface area contributed by atoms with Gasteiger partial charge in [-0.3, -0.25) is 14.7 Å². The molecule has 2 N–H and O–H groups in total. The van der Waals surface area contributed by atoms with Gasteiger partial charge in [-0.05, 0) is 38.7 Å². The third kappa shape index (κ3) is 2.69. The minimum Gasteiger partial charge on any atom is -0.481 e. The van der Waals surface area contributed by atoms with Crippen molar-refractivity contribution in [2.45, 2.75) is 26.7 Å². The minimum absolute atomic E-state index is 0.0529. The Bertz CT molecular complexity index is 750. The molecule has 1 aromatic carbocycles. The summed E-state index contributed by atoms with van der Waals surface area (Å²) in [5, 5.41) is 17.3. The first-order valence-corrected chi connectivity index (χ1v) is 7.87. The number of carboxylic acid groups (broad SMARTS) is 1. The van der Waals surface area contributed by atoms with Crippen LogP contribution in [-0.4, -0.2) is 45.2 Å². The first-order valence-electron chi connectivity index (χ1n) is 7.87. The van der Waals surface area contributed by atoms with Gasteiger partial charge in [0, 0.05) is 18.5 Å². The van der Waals surface area contributed by atoms with Crippen LogP contribution in [-0.2, 0) is 4.79 Å². The van der Waals surface area contributed by atoms with Crippen LogP contribution in [0.5, 0.6) is 0 Å². The van der Waals surface area contributed by atoms with Crippen molar-refractivity contribution in [3.8, 4) is 0 Å². The van der Waals surface area contributed by atoms with Crippen molar-refractivity contribution >= 4 is 22.8 Å². The molecule has 0 bridgehead atoms. The molecule has 3 rings (SSSR count). The first-order chi connectivity index (χ1) is 10.9. The van der Waals surface area contributed by atoms with Gasteiger partial charge in [-0.25, -0.2) is 0 Å².